The molecule has 0 aliphatic rings. The molecule has 0 spiro atoms. The predicted molar refractivity (Wildman–Crippen MR) is 98.1 cm³/mol. The van der Waals surface area contributed by atoms with Crippen molar-refractivity contribution in [1.82, 2.24) is 0 Å². The van der Waals surface area contributed by atoms with Gasteiger partial charge in [0.25, 0.3) is 0 Å². The number of fused-ring (bicyclic) bond motifs is 6. The molecule has 0 saturated carbocycles. The fourth-order valence-corrected chi connectivity index (χ4v) is 3.33. The lowest BCUT2D eigenvalue weighted by atomic mass is 9.92. The lowest BCUT2D eigenvalue weighted by molar-refractivity contribution is 0.0996. The molecule has 0 aliphatic heterocycles. The van der Waals surface area contributed by atoms with Crippen LogP contribution in [0.25, 0.3) is 32.3 Å². The maximum absolute atomic E-state index is 12.2. The summed E-state index contributed by atoms with van der Waals surface area (Å²) in [6.07, 6.45) is 2.03. The van der Waals surface area contributed by atoms with Crippen molar-refractivity contribution < 1.29 is 4.79 Å². The van der Waals surface area contributed by atoms with Gasteiger partial charge in [-0.25, -0.2) is 0 Å². The van der Waals surface area contributed by atoms with Gasteiger partial charge in [0.1, 0.15) is 0 Å². The molecule has 0 unspecified atom stereocenters. The van der Waals surface area contributed by atoms with Gasteiger partial charge in [-0.2, -0.15) is 0 Å². The van der Waals surface area contributed by atoms with Crippen LogP contribution in [0.4, 0.5) is 0 Å². The Bertz CT molecular complexity index is 1040. The second-order valence-corrected chi connectivity index (χ2v) is 5.77. The van der Waals surface area contributed by atoms with Crippen molar-refractivity contribution >= 4 is 38.1 Å². The van der Waals surface area contributed by atoms with Gasteiger partial charge in [-0.05, 0) is 38.4 Å². The molecule has 0 aromatic heterocycles. The molecule has 4 aromatic rings. The Balaban J connectivity index is 2.17. The van der Waals surface area contributed by atoms with E-state index in [1.165, 1.54) is 26.9 Å². The molecule has 0 N–H and O–H groups in total. The van der Waals surface area contributed by atoms with E-state index in [0.717, 1.165) is 10.9 Å². The zero-order valence-corrected chi connectivity index (χ0v) is 12.8. The molecule has 0 heterocycles. The highest BCUT2D eigenvalue weighted by Crippen LogP contribution is 2.35. The highest BCUT2D eigenvalue weighted by Gasteiger charge is 2.10. The first-order valence-corrected chi connectivity index (χ1v) is 7.77. The number of carbonyl (C=O) groups excluding carboxylic acids is 1. The fraction of sp³-hybridized carbons (Fsp3) is 0.0455. The minimum absolute atomic E-state index is 0.110. The molecular weight excluding hydrogens is 280 g/mol. The number of allylic oxidation sites excluding steroid dienone is 1. The van der Waals surface area contributed by atoms with E-state index < -0.39 is 0 Å². The van der Waals surface area contributed by atoms with E-state index in [2.05, 4.69) is 61.2 Å². The number of hydrogen-bond donors (Lipinski definition) is 0. The largest absolute Gasteiger partial charge is 0.294 e. The number of hydrogen-bond acceptors (Lipinski definition) is 1. The second kappa shape index (κ2) is 5.36. The van der Waals surface area contributed by atoms with Crippen LogP contribution in [0.2, 0.25) is 0 Å². The molecule has 0 atom stereocenters. The quantitative estimate of drug-likeness (QED) is 0.261. The summed E-state index contributed by atoms with van der Waals surface area (Å²) in [4.78, 5) is 12.2. The van der Waals surface area contributed by atoms with Crippen LogP contribution in [0.15, 0.2) is 79.4 Å². The molecule has 0 saturated heterocycles. The van der Waals surface area contributed by atoms with E-state index in [1.54, 1.807) is 6.08 Å². The summed E-state index contributed by atoms with van der Waals surface area (Å²) >= 11 is 0. The Morgan fingerprint density at radius 3 is 1.74 bits per heavy atom. The van der Waals surface area contributed by atoms with Gasteiger partial charge in [0.05, 0.1) is 0 Å². The first kappa shape index (κ1) is 13.7. The highest BCUT2D eigenvalue weighted by molar-refractivity contribution is 6.26. The van der Waals surface area contributed by atoms with Gasteiger partial charge in [-0.1, -0.05) is 66.7 Å². The maximum Gasteiger partial charge on any atom is 0.166 e. The molecule has 0 aliphatic carbocycles. The van der Waals surface area contributed by atoms with Crippen molar-refractivity contribution in [3.05, 3.63) is 84.9 Å². The summed E-state index contributed by atoms with van der Waals surface area (Å²) in [5, 5.41) is 7.21. The number of rotatable bonds is 3. The number of benzene rings is 4. The van der Waals surface area contributed by atoms with Crippen molar-refractivity contribution in [2.24, 2.45) is 0 Å². The third-order valence-electron chi connectivity index (χ3n) is 4.40. The Labute approximate surface area is 134 Å². The Morgan fingerprint density at radius 1 is 0.739 bits per heavy atom. The molecule has 1 heteroatoms. The minimum Gasteiger partial charge on any atom is -0.294 e. The average Bonchev–Trinajstić information content (AvgIpc) is 2.62. The van der Waals surface area contributed by atoms with Gasteiger partial charge in [0.2, 0.25) is 0 Å². The van der Waals surface area contributed by atoms with Crippen LogP contribution < -0.4 is 0 Å². The fourth-order valence-electron chi connectivity index (χ4n) is 3.33. The number of Topliss-reactive ketones (excluding diaryl/α,β-unsaturated/α-hetero) is 1. The summed E-state index contributed by atoms with van der Waals surface area (Å²) in [7, 11) is 0. The van der Waals surface area contributed by atoms with Crippen LogP contribution in [0.1, 0.15) is 16.8 Å². The number of carbonyl (C=O) groups is 1. The van der Waals surface area contributed by atoms with E-state index in [1.807, 2.05) is 12.1 Å². The summed E-state index contributed by atoms with van der Waals surface area (Å²) in [6, 6.07) is 22.9. The maximum atomic E-state index is 12.2. The average molecular weight is 296 g/mol. The SMILES string of the molecule is C=CCC(=O)c1ccc2c3ccccc3c3ccccc3c2c1. The lowest BCUT2D eigenvalue weighted by Crippen LogP contribution is -1.97. The topological polar surface area (TPSA) is 17.1 Å². The molecule has 0 fully saturated rings. The predicted octanol–water partition coefficient (Wildman–Crippen LogP) is 5.91. The van der Waals surface area contributed by atoms with Crippen LogP contribution in [0.5, 0.6) is 0 Å². The molecule has 1 nitrogen and oxygen atoms in total. The monoisotopic (exact) mass is 296 g/mol. The van der Waals surface area contributed by atoms with E-state index in [9.17, 15) is 4.79 Å². The zero-order valence-electron chi connectivity index (χ0n) is 12.8. The third-order valence-corrected chi connectivity index (χ3v) is 4.40. The Morgan fingerprint density at radius 2 is 1.22 bits per heavy atom. The van der Waals surface area contributed by atoms with Gasteiger partial charge < -0.3 is 0 Å². The van der Waals surface area contributed by atoms with Gasteiger partial charge in [-0.3, -0.25) is 4.79 Å². The van der Waals surface area contributed by atoms with Gasteiger partial charge in [0, 0.05) is 12.0 Å². The minimum atomic E-state index is 0.110. The molecule has 0 radical (unpaired) electrons. The Hall–Kier alpha value is -2.93. The van der Waals surface area contributed by atoms with Gasteiger partial charge in [-0.15, -0.1) is 6.58 Å². The summed E-state index contributed by atoms with van der Waals surface area (Å²) in [5.74, 6) is 0.110. The van der Waals surface area contributed by atoms with Crippen LogP contribution in [0.3, 0.4) is 0 Å². The summed E-state index contributed by atoms with van der Waals surface area (Å²) in [5.41, 5.74) is 0.748. The lowest BCUT2D eigenvalue weighted by Gasteiger charge is -2.11. The van der Waals surface area contributed by atoms with Crippen LogP contribution in [-0.4, -0.2) is 5.78 Å². The van der Waals surface area contributed by atoms with E-state index in [-0.39, 0.29) is 5.78 Å². The molecule has 4 aromatic carbocycles. The van der Waals surface area contributed by atoms with Crippen molar-refractivity contribution in [1.29, 1.82) is 0 Å². The van der Waals surface area contributed by atoms with Crippen LogP contribution in [-0.2, 0) is 0 Å². The van der Waals surface area contributed by atoms with Crippen molar-refractivity contribution in [3.63, 3.8) is 0 Å². The Kier molecular flexibility index (Phi) is 3.20. The van der Waals surface area contributed by atoms with E-state index in [0.29, 0.717) is 6.42 Å². The van der Waals surface area contributed by atoms with E-state index in [4.69, 9.17) is 0 Å². The first-order valence-electron chi connectivity index (χ1n) is 7.77. The normalized spacial score (nSPS) is 11.1. The first-order chi connectivity index (χ1) is 11.3. The zero-order chi connectivity index (χ0) is 15.8. The van der Waals surface area contributed by atoms with E-state index >= 15 is 0 Å². The molecule has 0 amide bonds. The molecular formula is C22H16O. The standard InChI is InChI=1S/C22H16O/c1-2-7-22(23)15-12-13-20-18-10-4-3-8-16(18)17-9-5-6-11-19(17)21(20)14-15/h2-6,8-14H,1,7H2. The summed E-state index contributed by atoms with van der Waals surface area (Å²) in [6.45, 7) is 3.66. The number of ketones is 1. The van der Waals surface area contributed by atoms with Gasteiger partial charge in [0.15, 0.2) is 5.78 Å². The van der Waals surface area contributed by atoms with Gasteiger partial charge >= 0.3 is 0 Å². The molecule has 0 bridgehead atoms. The summed E-state index contributed by atoms with van der Waals surface area (Å²) < 4.78 is 0. The molecule has 23 heavy (non-hydrogen) atoms. The van der Waals surface area contributed by atoms with Crippen LogP contribution >= 0.6 is 0 Å². The molecule has 4 rings (SSSR count). The van der Waals surface area contributed by atoms with Crippen molar-refractivity contribution in [3.8, 4) is 0 Å². The van der Waals surface area contributed by atoms with Crippen molar-refractivity contribution in [2.75, 3.05) is 0 Å². The van der Waals surface area contributed by atoms with Crippen LogP contribution in [0, 0.1) is 0 Å². The third kappa shape index (κ3) is 2.13. The van der Waals surface area contributed by atoms with Crippen molar-refractivity contribution in [2.45, 2.75) is 6.42 Å². The second-order valence-electron chi connectivity index (χ2n) is 5.77. The smallest absolute Gasteiger partial charge is 0.166 e. The molecule has 110 valence electrons. The highest BCUT2D eigenvalue weighted by atomic mass is 16.1.